The maximum atomic E-state index is 12.3. The van der Waals surface area contributed by atoms with Crippen molar-refractivity contribution in [2.24, 2.45) is 0 Å². The molecule has 8 heteroatoms. The van der Waals surface area contributed by atoms with Gasteiger partial charge in [0.2, 0.25) is 5.91 Å². The smallest absolute Gasteiger partial charge is 0.337 e. The van der Waals surface area contributed by atoms with E-state index in [2.05, 4.69) is 0 Å². The normalized spacial score (nSPS) is 14.0. The second kappa shape index (κ2) is 8.82. The van der Waals surface area contributed by atoms with Crippen LogP contribution in [0.5, 0.6) is 0 Å². The third-order valence-electron chi connectivity index (χ3n) is 4.58. The summed E-state index contributed by atoms with van der Waals surface area (Å²) in [5, 5.41) is 10.5. The van der Waals surface area contributed by atoms with Crippen LogP contribution in [0, 0.1) is 0 Å². The predicted octanol–water partition coefficient (Wildman–Crippen LogP) is 4.08. The summed E-state index contributed by atoms with van der Waals surface area (Å²) in [5.74, 6) is -1.25. The Morgan fingerprint density at radius 3 is 2.43 bits per heavy atom. The zero-order valence-corrected chi connectivity index (χ0v) is 16.8. The molecule has 0 bridgehead atoms. The SMILES string of the molecule is CC(=O)N(Cc1ccc(Cl)c(Cl)c1)c1ccc(N2CCOCC2)c(C(=O)O)c1. The van der Waals surface area contributed by atoms with Crippen molar-refractivity contribution in [1.82, 2.24) is 0 Å². The molecule has 0 radical (unpaired) electrons. The van der Waals surface area contributed by atoms with Crippen molar-refractivity contribution in [1.29, 1.82) is 0 Å². The van der Waals surface area contributed by atoms with E-state index in [-0.39, 0.29) is 18.0 Å². The highest BCUT2D eigenvalue weighted by Crippen LogP contribution is 2.29. The monoisotopic (exact) mass is 422 g/mol. The fraction of sp³-hybridized carbons (Fsp3) is 0.300. The number of hydrogen-bond donors (Lipinski definition) is 1. The minimum Gasteiger partial charge on any atom is -0.478 e. The lowest BCUT2D eigenvalue weighted by Crippen LogP contribution is -2.37. The molecule has 0 unspecified atom stereocenters. The van der Waals surface area contributed by atoms with E-state index in [0.717, 1.165) is 5.56 Å². The second-order valence-corrected chi connectivity index (χ2v) is 7.27. The van der Waals surface area contributed by atoms with Crippen molar-refractivity contribution in [3.63, 3.8) is 0 Å². The topological polar surface area (TPSA) is 70.1 Å². The maximum Gasteiger partial charge on any atom is 0.337 e. The Kier molecular flexibility index (Phi) is 6.44. The van der Waals surface area contributed by atoms with Crippen LogP contribution in [-0.2, 0) is 16.1 Å². The Labute approximate surface area is 173 Å². The van der Waals surface area contributed by atoms with E-state index >= 15 is 0 Å². The minimum atomic E-state index is -1.04. The molecule has 2 aromatic carbocycles. The molecule has 0 aliphatic carbocycles. The van der Waals surface area contributed by atoms with Crippen molar-refractivity contribution in [3.8, 4) is 0 Å². The van der Waals surface area contributed by atoms with Gasteiger partial charge in [-0.15, -0.1) is 0 Å². The summed E-state index contributed by atoms with van der Waals surface area (Å²) < 4.78 is 5.34. The number of amides is 1. The summed E-state index contributed by atoms with van der Waals surface area (Å²) in [6.07, 6.45) is 0. The summed E-state index contributed by atoms with van der Waals surface area (Å²) in [7, 11) is 0. The number of carbonyl (C=O) groups excluding carboxylic acids is 1. The molecule has 0 saturated carbocycles. The van der Waals surface area contributed by atoms with Crippen molar-refractivity contribution in [2.75, 3.05) is 36.1 Å². The van der Waals surface area contributed by atoms with Gasteiger partial charge in [0.05, 0.1) is 41.1 Å². The van der Waals surface area contributed by atoms with Crippen molar-refractivity contribution in [2.45, 2.75) is 13.5 Å². The fourth-order valence-corrected chi connectivity index (χ4v) is 3.47. The average Bonchev–Trinajstić information content (AvgIpc) is 2.68. The van der Waals surface area contributed by atoms with Crippen LogP contribution in [0.1, 0.15) is 22.8 Å². The lowest BCUT2D eigenvalue weighted by atomic mass is 10.1. The Hall–Kier alpha value is -2.28. The van der Waals surface area contributed by atoms with Gasteiger partial charge in [-0.05, 0) is 35.9 Å². The number of carbonyl (C=O) groups is 2. The number of halogens is 2. The van der Waals surface area contributed by atoms with Crippen LogP contribution in [0.2, 0.25) is 10.0 Å². The highest BCUT2D eigenvalue weighted by atomic mass is 35.5. The number of carboxylic acid groups (broad SMARTS) is 1. The third kappa shape index (κ3) is 4.58. The molecule has 0 spiro atoms. The van der Waals surface area contributed by atoms with Gasteiger partial charge in [-0.25, -0.2) is 4.79 Å². The molecule has 1 amide bonds. The predicted molar refractivity (Wildman–Crippen MR) is 110 cm³/mol. The standard InChI is InChI=1S/C20H20Cl2N2O4/c1-13(25)24(12-14-2-4-17(21)18(22)10-14)15-3-5-19(16(11-15)20(26)27)23-6-8-28-9-7-23/h2-5,10-11H,6-9,12H2,1H3,(H,26,27). The number of anilines is 2. The maximum absolute atomic E-state index is 12.3. The molecule has 148 valence electrons. The lowest BCUT2D eigenvalue weighted by molar-refractivity contribution is -0.116. The van der Waals surface area contributed by atoms with Crippen LogP contribution in [0.3, 0.4) is 0 Å². The second-order valence-electron chi connectivity index (χ2n) is 6.46. The number of morpholine rings is 1. The van der Waals surface area contributed by atoms with Crippen LogP contribution in [0.15, 0.2) is 36.4 Å². The molecule has 6 nitrogen and oxygen atoms in total. The largest absolute Gasteiger partial charge is 0.478 e. The summed E-state index contributed by atoms with van der Waals surface area (Å²) in [4.78, 5) is 27.6. The Morgan fingerprint density at radius 1 is 1.11 bits per heavy atom. The Morgan fingerprint density at radius 2 is 1.82 bits per heavy atom. The minimum absolute atomic E-state index is 0.153. The molecule has 1 N–H and O–H groups in total. The van der Waals surface area contributed by atoms with Gasteiger partial charge in [-0.1, -0.05) is 29.3 Å². The van der Waals surface area contributed by atoms with Crippen LogP contribution < -0.4 is 9.80 Å². The number of carboxylic acids is 1. The van der Waals surface area contributed by atoms with Gasteiger partial charge in [-0.3, -0.25) is 4.79 Å². The zero-order valence-electron chi connectivity index (χ0n) is 15.3. The zero-order chi connectivity index (χ0) is 20.3. The van der Waals surface area contributed by atoms with E-state index < -0.39 is 5.97 Å². The van der Waals surface area contributed by atoms with Gasteiger partial charge in [0.1, 0.15) is 0 Å². The van der Waals surface area contributed by atoms with Gasteiger partial charge >= 0.3 is 5.97 Å². The summed E-state index contributed by atoms with van der Waals surface area (Å²) in [6.45, 7) is 4.05. The van der Waals surface area contributed by atoms with E-state index in [1.807, 2.05) is 4.90 Å². The van der Waals surface area contributed by atoms with Gasteiger partial charge in [0.15, 0.2) is 0 Å². The number of benzene rings is 2. The van der Waals surface area contributed by atoms with Gasteiger partial charge in [-0.2, -0.15) is 0 Å². The highest BCUT2D eigenvalue weighted by Gasteiger charge is 2.21. The number of nitrogens with zero attached hydrogens (tertiary/aromatic N) is 2. The summed E-state index contributed by atoms with van der Waals surface area (Å²) in [6, 6.07) is 10.2. The van der Waals surface area contributed by atoms with E-state index in [9.17, 15) is 14.7 Å². The molecule has 0 aromatic heterocycles. The lowest BCUT2D eigenvalue weighted by Gasteiger charge is -2.31. The molecule has 1 aliphatic rings. The first-order chi connectivity index (χ1) is 13.4. The van der Waals surface area contributed by atoms with Crippen LogP contribution in [0.4, 0.5) is 11.4 Å². The van der Waals surface area contributed by atoms with E-state index in [1.165, 1.54) is 17.9 Å². The average molecular weight is 423 g/mol. The quantitative estimate of drug-likeness (QED) is 0.785. The third-order valence-corrected chi connectivity index (χ3v) is 5.32. The number of hydrogen-bond acceptors (Lipinski definition) is 4. The molecule has 1 saturated heterocycles. The van der Waals surface area contributed by atoms with E-state index in [1.54, 1.807) is 30.3 Å². The van der Waals surface area contributed by atoms with Crippen molar-refractivity contribution < 1.29 is 19.4 Å². The van der Waals surface area contributed by atoms with Crippen molar-refractivity contribution >= 4 is 46.5 Å². The molecule has 1 aliphatic heterocycles. The molecular weight excluding hydrogens is 403 g/mol. The number of aromatic carboxylic acids is 1. The molecule has 28 heavy (non-hydrogen) atoms. The van der Waals surface area contributed by atoms with Crippen LogP contribution in [-0.4, -0.2) is 43.3 Å². The molecule has 1 heterocycles. The van der Waals surface area contributed by atoms with Gasteiger partial charge in [0, 0.05) is 25.7 Å². The van der Waals surface area contributed by atoms with Crippen LogP contribution in [0.25, 0.3) is 0 Å². The Bertz CT molecular complexity index is 898. The van der Waals surface area contributed by atoms with E-state index in [4.69, 9.17) is 27.9 Å². The fourth-order valence-electron chi connectivity index (χ4n) is 3.15. The molecule has 3 rings (SSSR count). The van der Waals surface area contributed by atoms with Gasteiger partial charge in [0.25, 0.3) is 0 Å². The first-order valence-corrected chi connectivity index (χ1v) is 9.54. The first kappa shape index (κ1) is 20.5. The molecule has 2 aromatic rings. The van der Waals surface area contributed by atoms with E-state index in [0.29, 0.717) is 47.7 Å². The number of ether oxygens (including phenoxy) is 1. The Balaban J connectivity index is 1.94. The molecule has 1 fully saturated rings. The van der Waals surface area contributed by atoms with Crippen LogP contribution >= 0.6 is 23.2 Å². The first-order valence-electron chi connectivity index (χ1n) is 8.79. The van der Waals surface area contributed by atoms with Gasteiger partial charge < -0.3 is 19.6 Å². The summed E-state index contributed by atoms with van der Waals surface area (Å²) >= 11 is 12.0. The van der Waals surface area contributed by atoms with Crippen molar-refractivity contribution in [3.05, 3.63) is 57.6 Å². The number of rotatable bonds is 5. The molecule has 0 atom stereocenters. The highest BCUT2D eigenvalue weighted by molar-refractivity contribution is 6.42. The molecular formula is C20H20Cl2N2O4. The summed E-state index contributed by atoms with van der Waals surface area (Å²) in [5.41, 5.74) is 2.07.